The fraction of sp³-hybridized carbons (Fsp3) is 0.833. The topological polar surface area (TPSA) is 92.4 Å². The molecule has 17 heavy (non-hydrogen) atoms. The van der Waals surface area contributed by atoms with Crippen molar-refractivity contribution in [2.24, 2.45) is 11.7 Å². The Hall–Kier alpha value is -1.10. The predicted molar refractivity (Wildman–Crippen MR) is 64.4 cm³/mol. The molecule has 1 atom stereocenters. The Kier molecular flexibility index (Phi) is 4.51. The van der Waals surface area contributed by atoms with Crippen molar-refractivity contribution in [2.45, 2.75) is 57.5 Å². The van der Waals surface area contributed by atoms with Gasteiger partial charge >= 0.3 is 5.97 Å². The van der Waals surface area contributed by atoms with Gasteiger partial charge < -0.3 is 16.2 Å². The number of nitrogens with one attached hydrogen (secondary N) is 1. The van der Waals surface area contributed by atoms with Crippen LogP contribution in [0.15, 0.2) is 0 Å². The standard InChI is InChI=1S/C12H22N2O3/c1-8(2)7-9(13)10(15)14-12(11(16)17)5-3-4-6-12/h8-9H,3-7,13H2,1-2H3,(H,14,15)(H,16,17)/t9-/m1/s1. The highest BCUT2D eigenvalue weighted by Crippen LogP contribution is 2.30. The zero-order chi connectivity index (χ0) is 13.1. The Bertz CT molecular complexity index is 296. The van der Waals surface area contributed by atoms with Crippen LogP contribution >= 0.6 is 0 Å². The van der Waals surface area contributed by atoms with Crippen LogP contribution in [-0.4, -0.2) is 28.6 Å². The second-order valence-electron chi connectivity index (χ2n) is 5.32. The average Bonchev–Trinajstić information content (AvgIpc) is 2.66. The van der Waals surface area contributed by atoms with Crippen LogP contribution in [0, 0.1) is 5.92 Å². The average molecular weight is 242 g/mol. The van der Waals surface area contributed by atoms with Crippen LogP contribution < -0.4 is 11.1 Å². The number of hydrogen-bond donors (Lipinski definition) is 3. The molecule has 1 aliphatic carbocycles. The Morgan fingerprint density at radius 1 is 1.35 bits per heavy atom. The first-order chi connectivity index (χ1) is 7.87. The van der Waals surface area contributed by atoms with Crippen LogP contribution in [0.1, 0.15) is 46.0 Å². The van der Waals surface area contributed by atoms with Crippen LogP contribution in [-0.2, 0) is 9.59 Å². The molecule has 1 rings (SSSR count). The smallest absolute Gasteiger partial charge is 0.329 e. The molecule has 0 unspecified atom stereocenters. The molecule has 1 aliphatic rings. The molecule has 1 saturated carbocycles. The van der Waals surface area contributed by atoms with Gasteiger partial charge in [-0.15, -0.1) is 0 Å². The van der Waals surface area contributed by atoms with E-state index in [0.717, 1.165) is 12.8 Å². The minimum absolute atomic E-state index is 0.320. The number of carboxylic acids is 1. The van der Waals surface area contributed by atoms with Crippen molar-refractivity contribution < 1.29 is 14.7 Å². The lowest BCUT2D eigenvalue weighted by molar-refractivity contribution is -0.147. The summed E-state index contributed by atoms with van der Waals surface area (Å²) in [7, 11) is 0. The third-order valence-electron chi connectivity index (χ3n) is 3.29. The number of carbonyl (C=O) groups is 2. The summed E-state index contributed by atoms with van der Waals surface area (Å²) in [5.41, 5.74) is 4.67. The lowest BCUT2D eigenvalue weighted by Gasteiger charge is -2.27. The molecule has 0 saturated heterocycles. The minimum atomic E-state index is -1.08. The number of aliphatic carboxylic acids is 1. The zero-order valence-corrected chi connectivity index (χ0v) is 10.5. The zero-order valence-electron chi connectivity index (χ0n) is 10.5. The number of hydrogen-bond acceptors (Lipinski definition) is 3. The van der Waals surface area contributed by atoms with E-state index in [-0.39, 0.29) is 5.91 Å². The van der Waals surface area contributed by atoms with E-state index in [1.54, 1.807) is 0 Å². The van der Waals surface area contributed by atoms with Gasteiger partial charge in [-0.1, -0.05) is 26.7 Å². The number of carboxylic acid groups (broad SMARTS) is 1. The van der Waals surface area contributed by atoms with E-state index in [9.17, 15) is 14.7 Å². The SMILES string of the molecule is CC(C)C[C@@H](N)C(=O)NC1(C(=O)O)CCCC1. The van der Waals surface area contributed by atoms with Crippen LogP contribution in [0.25, 0.3) is 0 Å². The molecule has 0 aliphatic heterocycles. The van der Waals surface area contributed by atoms with Crippen LogP contribution in [0.4, 0.5) is 0 Å². The van der Waals surface area contributed by atoms with Crippen LogP contribution in [0.5, 0.6) is 0 Å². The first-order valence-electron chi connectivity index (χ1n) is 6.18. The van der Waals surface area contributed by atoms with Crippen molar-refractivity contribution in [3.63, 3.8) is 0 Å². The fourth-order valence-corrected chi connectivity index (χ4v) is 2.31. The van der Waals surface area contributed by atoms with E-state index in [0.29, 0.717) is 25.2 Å². The Balaban J connectivity index is 2.62. The molecule has 0 aromatic heterocycles. The Morgan fingerprint density at radius 3 is 2.29 bits per heavy atom. The largest absolute Gasteiger partial charge is 0.480 e. The van der Waals surface area contributed by atoms with Crippen molar-refractivity contribution in [1.29, 1.82) is 0 Å². The maximum absolute atomic E-state index is 11.8. The lowest BCUT2D eigenvalue weighted by atomic mass is 9.96. The molecular weight excluding hydrogens is 220 g/mol. The molecule has 0 spiro atoms. The van der Waals surface area contributed by atoms with E-state index in [1.807, 2.05) is 13.8 Å². The predicted octanol–water partition coefficient (Wildman–Crippen LogP) is 0.873. The quantitative estimate of drug-likeness (QED) is 0.667. The fourth-order valence-electron chi connectivity index (χ4n) is 2.31. The van der Waals surface area contributed by atoms with Crippen molar-refractivity contribution in [2.75, 3.05) is 0 Å². The second kappa shape index (κ2) is 5.49. The second-order valence-corrected chi connectivity index (χ2v) is 5.32. The van der Waals surface area contributed by atoms with Crippen LogP contribution in [0.3, 0.4) is 0 Å². The van der Waals surface area contributed by atoms with E-state index in [2.05, 4.69) is 5.32 Å². The molecule has 1 fully saturated rings. The third-order valence-corrected chi connectivity index (χ3v) is 3.29. The van der Waals surface area contributed by atoms with Gasteiger partial charge in [0.05, 0.1) is 6.04 Å². The number of nitrogens with two attached hydrogens (primary N) is 1. The van der Waals surface area contributed by atoms with E-state index in [1.165, 1.54) is 0 Å². The maximum atomic E-state index is 11.8. The molecule has 0 aromatic rings. The normalized spacial score (nSPS) is 20.2. The molecular formula is C12H22N2O3. The molecule has 0 bridgehead atoms. The number of rotatable bonds is 5. The van der Waals surface area contributed by atoms with E-state index in [4.69, 9.17) is 5.73 Å². The summed E-state index contributed by atoms with van der Waals surface area (Å²) in [5, 5.41) is 11.9. The first kappa shape index (κ1) is 14.0. The van der Waals surface area contributed by atoms with Crippen molar-refractivity contribution in [1.82, 2.24) is 5.32 Å². The highest BCUT2D eigenvalue weighted by molar-refractivity contribution is 5.89. The van der Waals surface area contributed by atoms with Crippen molar-refractivity contribution in [3.05, 3.63) is 0 Å². The van der Waals surface area contributed by atoms with E-state index < -0.39 is 17.6 Å². The van der Waals surface area contributed by atoms with Gasteiger partial charge in [0.1, 0.15) is 5.54 Å². The molecule has 5 heteroatoms. The number of carbonyl (C=O) groups excluding carboxylic acids is 1. The first-order valence-corrected chi connectivity index (χ1v) is 6.18. The molecule has 0 radical (unpaired) electrons. The van der Waals surface area contributed by atoms with E-state index >= 15 is 0 Å². The summed E-state index contributed by atoms with van der Waals surface area (Å²) in [6, 6.07) is -0.619. The Labute approximate surface area is 102 Å². The molecule has 0 heterocycles. The molecule has 5 nitrogen and oxygen atoms in total. The molecule has 98 valence electrons. The van der Waals surface area contributed by atoms with Gasteiger partial charge in [-0.2, -0.15) is 0 Å². The highest BCUT2D eigenvalue weighted by Gasteiger charge is 2.43. The van der Waals surface area contributed by atoms with Crippen molar-refractivity contribution >= 4 is 11.9 Å². The summed E-state index contributed by atoms with van der Waals surface area (Å²) in [6.07, 6.45) is 3.25. The highest BCUT2D eigenvalue weighted by atomic mass is 16.4. The number of amides is 1. The Morgan fingerprint density at radius 2 is 1.88 bits per heavy atom. The summed E-state index contributed by atoms with van der Waals surface area (Å²) < 4.78 is 0. The lowest BCUT2D eigenvalue weighted by Crippen LogP contribution is -2.56. The third kappa shape index (κ3) is 3.43. The van der Waals surface area contributed by atoms with Gasteiger partial charge in [0, 0.05) is 0 Å². The van der Waals surface area contributed by atoms with Gasteiger partial charge in [0.15, 0.2) is 0 Å². The van der Waals surface area contributed by atoms with Gasteiger partial charge in [-0.05, 0) is 25.2 Å². The minimum Gasteiger partial charge on any atom is -0.480 e. The van der Waals surface area contributed by atoms with Crippen molar-refractivity contribution in [3.8, 4) is 0 Å². The molecule has 0 aromatic carbocycles. The van der Waals surface area contributed by atoms with Crippen LogP contribution in [0.2, 0.25) is 0 Å². The summed E-state index contributed by atoms with van der Waals surface area (Å²) in [6.45, 7) is 3.96. The van der Waals surface area contributed by atoms with Gasteiger partial charge in [-0.25, -0.2) is 4.79 Å². The summed E-state index contributed by atoms with van der Waals surface area (Å²) in [5.74, 6) is -0.969. The maximum Gasteiger partial charge on any atom is 0.329 e. The molecule has 4 N–H and O–H groups in total. The monoisotopic (exact) mass is 242 g/mol. The van der Waals surface area contributed by atoms with Gasteiger partial charge in [0.25, 0.3) is 0 Å². The summed E-state index contributed by atoms with van der Waals surface area (Å²) >= 11 is 0. The molecule has 1 amide bonds. The van der Waals surface area contributed by atoms with Gasteiger partial charge in [0.2, 0.25) is 5.91 Å². The van der Waals surface area contributed by atoms with Gasteiger partial charge in [-0.3, -0.25) is 4.79 Å². The summed E-state index contributed by atoms with van der Waals surface area (Å²) in [4.78, 5) is 23.1.